The van der Waals surface area contributed by atoms with Gasteiger partial charge in [-0.05, 0) is 18.6 Å². The Morgan fingerprint density at radius 2 is 1.81 bits per heavy atom. The van der Waals surface area contributed by atoms with Crippen LogP contribution in [0.2, 0.25) is 0 Å². The predicted octanol–water partition coefficient (Wildman–Crippen LogP) is 1.87. The summed E-state index contributed by atoms with van der Waals surface area (Å²) in [6, 6.07) is 6.65. The van der Waals surface area contributed by atoms with Gasteiger partial charge in [0.05, 0.1) is 11.1 Å². The number of hydrogen-bond donors (Lipinski definition) is 1. The molecule has 1 unspecified atom stereocenters. The molecule has 3 rings (SSSR count). The molecule has 5 heteroatoms. The highest BCUT2D eigenvalue weighted by atomic mass is 16.4. The van der Waals surface area contributed by atoms with Crippen molar-refractivity contribution in [2.75, 3.05) is 6.54 Å². The molecule has 106 valence electrons. The van der Waals surface area contributed by atoms with Crippen molar-refractivity contribution in [3.63, 3.8) is 0 Å². The highest BCUT2D eigenvalue weighted by Crippen LogP contribution is 2.27. The van der Waals surface area contributed by atoms with Gasteiger partial charge >= 0.3 is 5.97 Å². The molecule has 5 nitrogen and oxygen atoms in total. The van der Waals surface area contributed by atoms with Crippen LogP contribution in [-0.2, 0) is 4.79 Å². The van der Waals surface area contributed by atoms with Crippen molar-refractivity contribution in [2.24, 2.45) is 5.92 Å². The summed E-state index contributed by atoms with van der Waals surface area (Å²) >= 11 is 0. The smallest absolute Gasteiger partial charge is 0.331 e. The van der Waals surface area contributed by atoms with E-state index < -0.39 is 5.97 Å². The van der Waals surface area contributed by atoms with E-state index in [9.17, 15) is 19.5 Å². The van der Waals surface area contributed by atoms with E-state index >= 15 is 0 Å². The van der Waals surface area contributed by atoms with Crippen LogP contribution >= 0.6 is 0 Å². The maximum absolute atomic E-state index is 12.3. The van der Waals surface area contributed by atoms with Crippen LogP contribution in [0.4, 0.5) is 0 Å². The summed E-state index contributed by atoms with van der Waals surface area (Å²) in [5, 5.41) is 9.20. The molecule has 1 aliphatic carbocycles. The molecule has 1 atom stereocenters. The monoisotopic (exact) mass is 283 g/mol. The number of imide groups is 1. The predicted molar refractivity (Wildman–Crippen MR) is 74.8 cm³/mol. The second kappa shape index (κ2) is 5.01. The molecule has 2 amide bonds. The molecule has 0 saturated carbocycles. The summed E-state index contributed by atoms with van der Waals surface area (Å²) < 4.78 is 0. The number of carbonyl (C=O) groups excluding carboxylic acids is 2. The molecular formula is C16H13NO4. The van der Waals surface area contributed by atoms with E-state index in [4.69, 9.17) is 0 Å². The number of carboxylic acid groups (broad SMARTS) is 1. The van der Waals surface area contributed by atoms with Crippen molar-refractivity contribution in [1.82, 2.24) is 4.90 Å². The maximum atomic E-state index is 12.3. The fraction of sp³-hybridized carbons (Fsp3) is 0.188. The van der Waals surface area contributed by atoms with E-state index in [1.807, 2.05) is 6.08 Å². The Morgan fingerprint density at radius 1 is 1.19 bits per heavy atom. The molecule has 1 aliphatic heterocycles. The van der Waals surface area contributed by atoms with Gasteiger partial charge < -0.3 is 5.11 Å². The number of carboxylic acids is 1. The van der Waals surface area contributed by atoms with E-state index in [1.54, 1.807) is 30.3 Å². The molecule has 0 fully saturated rings. The lowest BCUT2D eigenvalue weighted by Crippen LogP contribution is -2.36. The summed E-state index contributed by atoms with van der Waals surface area (Å²) in [5.41, 5.74) is 0.999. The van der Waals surface area contributed by atoms with Crippen LogP contribution in [0.3, 0.4) is 0 Å². The summed E-state index contributed by atoms with van der Waals surface area (Å²) in [5.74, 6) is -2.08. The number of amides is 2. The lowest BCUT2D eigenvalue weighted by molar-refractivity contribution is -0.133. The maximum Gasteiger partial charge on any atom is 0.331 e. The van der Waals surface area contributed by atoms with Crippen LogP contribution in [-0.4, -0.2) is 34.3 Å². The molecule has 21 heavy (non-hydrogen) atoms. The van der Waals surface area contributed by atoms with E-state index in [1.165, 1.54) is 6.08 Å². The first-order valence-corrected chi connectivity index (χ1v) is 6.65. The van der Waals surface area contributed by atoms with Crippen molar-refractivity contribution in [3.8, 4) is 0 Å². The van der Waals surface area contributed by atoms with Crippen molar-refractivity contribution in [3.05, 3.63) is 59.2 Å². The van der Waals surface area contributed by atoms with E-state index in [0.717, 1.165) is 4.90 Å². The Balaban J connectivity index is 1.86. The Hall–Kier alpha value is -2.69. The molecule has 0 saturated heterocycles. The van der Waals surface area contributed by atoms with Gasteiger partial charge in [0, 0.05) is 18.0 Å². The molecule has 0 spiro atoms. The molecule has 1 aromatic rings. The van der Waals surface area contributed by atoms with Crippen LogP contribution < -0.4 is 0 Å². The normalized spacial score (nSPS) is 20.5. The number of nitrogens with zero attached hydrogens (tertiary/aromatic N) is 1. The van der Waals surface area contributed by atoms with Crippen LogP contribution in [0, 0.1) is 5.92 Å². The molecular weight excluding hydrogens is 270 g/mol. The summed E-state index contributed by atoms with van der Waals surface area (Å²) in [7, 11) is 0. The number of fused-ring (bicyclic) bond motifs is 1. The molecule has 1 aromatic carbocycles. The molecule has 1 heterocycles. The number of rotatable bonds is 3. The van der Waals surface area contributed by atoms with Crippen molar-refractivity contribution >= 4 is 17.8 Å². The summed E-state index contributed by atoms with van der Waals surface area (Å²) in [6.07, 6.45) is 5.55. The minimum atomic E-state index is -1.01. The number of allylic oxidation sites excluding steroid dienone is 3. The van der Waals surface area contributed by atoms with Crippen molar-refractivity contribution < 1.29 is 19.5 Å². The minimum absolute atomic E-state index is 0.0921. The second-order valence-corrected chi connectivity index (χ2v) is 5.05. The van der Waals surface area contributed by atoms with Gasteiger partial charge in [-0.15, -0.1) is 0 Å². The van der Waals surface area contributed by atoms with Gasteiger partial charge in [-0.3, -0.25) is 14.5 Å². The SMILES string of the molecule is O=C(O)C1=CC=CCC1CN1C(=O)c2ccccc2C1=O. The molecule has 2 aliphatic rings. The van der Waals surface area contributed by atoms with E-state index in [-0.39, 0.29) is 29.9 Å². The lowest BCUT2D eigenvalue weighted by Gasteiger charge is -2.23. The summed E-state index contributed by atoms with van der Waals surface area (Å²) in [6.45, 7) is 0.0921. The summed E-state index contributed by atoms with van der Waals surface area (Å²) in [4.78, 5) is 36.9. The number of benzene rings is 1. The number of hydrogen-bond acceptors (Lipinski definition) is 3. The zero-order chi connectivity index (χ0) is 15.0. The van der Waals surface area contributed by atoms with Gasteiger partial charge in [-0.2, -0.15) is 0 Å². The average Bonchev–Trinajstić information content (AvgIpc) is 2.73. The average molecular weight is 283 g/mol. The van der Waals surface area contributed by atoms with Crippen LogP contribution in [0.5, 0.6) is 0 Å². The van der Waals surface area contributed by atoms with Gasteiger partial charge in [-0.25, -0.2) is 4.79 Å². The topological polar surface area (TPSA) is 74.7 Å². The lowest BCUT2D eigenvalue weighted by atomic mass is 9.91. The molecule has 0 radical (unpaired) electrons. The molecule has 0 bridgehead atoms. The minimum Gasteiger partial charge on any atom is -0.478 e. The van der Waals surface area contributed by atoms with Gasteiger partial charge in [0.1, 0.15) is 0 Å². The van der Waals surface area contributed by atoms with E-state index in [2.05, 4.69) is 0 Å². The second-order valence-electron chi connectivity index (χ2n) is 5.05. The van der Waals surface area contributed by atoms with Crippen molar-refractivity contribution in [2.45, 2.75) is 6.42 Å². The van der Waals surface area contributed by atoms with Gasteiger partial charge in [0.15, 0.2) is 0 Å². The highest BCUT2D eigenvalue weighted by molar-refractivity contribution is 6.21. The van der Waals surface area contributed by atoms with Crippen LogP contribution in [0.25, 0.3) is 0 Å². The first kappa shape index (κ1) is 13.3. The van der Waals surface area contributed by atoms with Gasteiger partial charge in [-0.1, -0.05) is 30.4 Å². The molecule has 0 aromatic heterocycles. The highest BCUT2D eigenvalue weighted by Gasteiger charge is 2.37. The van der Waals surface area contributed by atoms with Gasteiger partial charge in [0.25, 0.3) is 11.8 Å². The van der Waals surface area contributed by atoms with Crippen molar-refractivity contribution in [1.29, 1.82) is 0 Å². The third kappa shape index (κ3) is 2.16. The third-order valence-corrected chi connectivity index (χ3v) is 3.80. The van der Waals surface area contributed by atoms with Gasteiger partial charge in [0.2, 0.25) is 0 Å². The first-order chi connectivity index (χ1) is 10.1. The standard InChI is InChI=1S/C16H13NO4/c18-14-12-7-3-4-8-13(12)15(19)17(14)9-10-5-1-2-6-11(10)16(20)21/h1-4,6-8,10H,5,9H2,(H,20,21). The van der Waals surface area contributed by atoms with Crippen LogP contribution in [0.15, 0.2) is 48.1 Å². The first-order valence-electron chi connectivity index (χ1n) is 6.65. The fourth-order valence-corrected chi connectivity index (χ4v) is 2.72. The quantitative estimate of drug-likeness (QED) is 0.859. The zero-order valence-electron chi connectivity index (χ0n) is 11.2. The largest absolute Gasteiger partial charge is 0.478 e. The van der Waals surface area contributed by atoms with E-state index in [0.29, 0.717) is 17.5 Å². The third-order valence-electron chi connectivity index (χ3n) is 3.80. The number of carbonyl (C=O) groups is 3. The Bertz CT molecular complexity index is 667. The Kier molecular flexibility index (Phi) is 3.17. The number of aliphatic carboxylic acids is 1. The fourth-order valence-electron chi connectivity index (χ4n) is 2.72. The zero-order valence-corrected chi connectivity index (χ0v) is 11.2. The Labute approximate surface area is 121 Å². The van der Waals surface area contributed by atoms with Crippen LogP contribution in [0.1, 0.15) is 27.1 Å². The Morgan fingerprint density at radius 3 is 2.38 bits per heavy atom. The molecule has 1 N–H and O–H groups in total.